The Morgan fingerprint density at radius 2 is 1.26 bits per heavy atom. The molecule has 4 atom stereocenters. The molecule has 0 heterocycles. The van der Waals surface area contributed by atoms with Crippen molar-refractivity contribution in [3.8, 4) is 0 Å². The minimum absolute atomic E-state index is 0.112. The molecule has 35 heavy (non-hydrogen) atoms. The molecule has 0 rings (SSSR count). The van der Waals surface area contributed by atoms with E-state index >= 15 is 0 Å². The van der Waals surface area contributed by atoms with Crippen LogP contribution in [0.4, 0.5) is 0 Å². The summed E-state index contributed by atoms with van der Waals surface area (Å²) in [6.07, 6.45) is 2.14. The van der Waals surface area contributed by atoms with Gasteiger partial charge in [-0.25, -0.2) is 0 Å². The predicted molar refractivity (Wildman–Crippen MR) is 131 cm³/mol. The highest BCUT2D eigenvalue weighted by atomic mass is 16.4. The molecule has 0 radical (unpaired) electrons. The molecule has 0 bridgehead atoms. The van der Waals surface area contributed by atoms with Crippen LogP contribution >= 0.6 is 0 Å². The van der Waals surface area contributed by atoms with Gasteiger partial charge in [0.25, 0.3) is 0 Å². The third kappa shape index (κ3) is 24.9. The number of aliphatic carboxylic acids is 1. The maximum Gasteiger partial charge on any atom is 0.306 e. The van der Waals surface area contributed by atoms with E-state index in [2.05, 4.69) is 25.4 Å². The van der Waals surface area contributed by atoms with Gasteiger partial charge in [-0.2, -0.15) is 0 Å². The Bertz CT molecular complexity index is 718. The number of nitrogens with two attached hydrogens (primary N) is 3. The standard InChI is InChI=1S/C10H19N5O2.C7H13NO3.C3H8N4/c1-7(9(11)16)6-8(2)10(17)13-4-3-5-14-15-12;1-4(6(8)9)3-5(2)7(10)11;4-2-1-3-6-7-5/h7-8H,3-6H2,1-2H3,(H2,11,16)(H,13,17);4-5H,3H2,1-2H3,(H2,8,9)(H,10,11);1-4H2. The molecule has 0 spiro atoms. The average Bonchev–Trinajstić information content (AvgIpc) is 2.79. The lowest BCUT2D eigenvalue weighted by Crippen LogP contribution is -2.33. The highest BCUT2D eigenvalue weighted by Crippen LogP contribution is 2.11. The van der Waals surface area contributed by atoms with Gasteiger partial charge >= 0.3 is 5.97 Å². The van der Waals surface area contributed by atoms with Gasteiger partial charge in [0.2, 0.25) is 17.7 Å². The number of nitrogens with one attached hydrogen (secondary N) is 1. The number of amides is 3. The summed E-state index contributed by atoms with van der Waals surface area (Å²) < 4.78 is 0. The molecule has 4 unspecified atom stereocenters. The Morgan fingerprint density at radius 3 is 1.63 bits per heavy atom. The van der Waals surface area contributed by atoms with Crippen LogP contribution in [0.1, 0.15) is 53.4 Å². The van der Waals surface area contributed by atoms with Gasteiger partial charge in [0.1, 0.15) is 0 Å². The number of hydrogen-bond donors (Lipinski definition) is 5. The van der Waals surface area contributed by atoms with Crippen molar-refractivity contribution in [2.24, 2.45) is 51.1 Å². The van der Waals surface area contributed by atoms with Crippen molar-refractivity contribution in [1.29, 1.82) is 0 Å². The summed E-state index contributed by atoms with van der Waals surface area (Å²) in [7, 11) is 0. The van der Waals surface area contributed by atoms with Crippen molar-refractivity contribution < 1.29 is 24.3 Å². The first-order valence-electron chi connectivity index (χ1n) is 11.2. The van der Waals surface area contributed by atoms with E-state index in [0.29, 0.717) is 45.4 Å². The Balaban J connectivity index is -0.000000486. The molecule has 8 N–H and O–H groups in total. The second kappa shape index (κ2) is 23.6. The van der Waals surface area contributed by atoms with E-state index in [4.69, 9.17) is 33.4 Å². The molecule has 0 aliphatic rings. The molecular formula is C20H40N10O5. The lowest BCUT2D eigenvalue weighted by molar-refractivity contribution is -0.142. The molecule has 0 saturated heterocycles. The highest BCUT2D eigenvalue weighted by Gasteiger charge is 2.19. The van der Waals surface area contributed by atoms with Crippen LogP contribution in [0.3, 0.4) is 0 Å². The summed E-state index contributed by atoms with van der Waals surface area (Å²) in [5.41, 5.74) is 30.9. The van der Waals surface area contributed by atoms with Gasteiger partial charge in [-0.1, -0.05) is 37.9 Å². The highest BCUT2D eigenvalue weighted by molar-refractivity contribution is 5.80. The van der Waals surface area contributed by atoms with Gasteiger partial charge < -0.3 is 27.6 Å². The molecule has 0 aromatic heterocycles. The van der Waals surface area contributed by atoms with Gasteiger partial charge in [-0.3, -0.25) is 19.2 Å². The first kappa shape index (κ1) is 36.0. The van der Waals surface area contributed by atoms with Crippen LogP contribution in [0.2, 0.25) is 0 Å². The summed E-state index contributed by atoms with van der Waals surface area (Å²) in [4.78, 5) is 48.3. The molecule has 200 valence electrons. The van der Waals surface area contributed by atoms with Gasteiger partial charge in [0.05, 0.1) is 5.92 Å². The van der Waals surface area contributed by atoms with E-state index in [0.717, 1.165) is 6.42 Å². The first-order valence-corrected chi connectivity index (χ1v) is 11.2. The molecule has 0 aliphatic carbocycles. The first-order chi connectivity index (χ1) is 16.3. The van der Waals surface area contributed by atoms with E-state index in [9.17, 15) is 19.2 Å². The molecule has 0 fully saturated rings. The van der Waals surface area contributed by atoms with E-state index in [1.54, 1.807) is 27.7 Å². The fourth-order valence-corrected chi connectivity index (χ4v) is 2.29. The maximum atomic E-state index is 11.6. The van der Waals surface area contributed by atoms with Gasteiger partial charge in [0, 0.05) is 47.2 Å². The maximum absolute atomic E-state index is 11.6. The second-order valence-electron chi connectivity index (χ2n) is 7.91. The lowest BCUT2D eigenvalue weighted by Gasteiger charge is -2.14. The fraction of sp³-hybridized carbons (Fsp3) is 0.800. The van der Waals surface area contributed by atoms with Crippen molar-refractivity contribution in [3.05, 3.63) is 20.9 Å². The average molecular weight is 501 g/mol. The molecule has 0 saturated carbocycles. The predicted octanol–water partition coefficient (Wildman–Crippen LogP) is 1.81. The number of hydrogen-bond acceptors (Lipinski definition) is 7. The Hall–Kier alpha value is -3.54. The number of primary amides is 2. The van der Waals surface area contributed by atoms with Crippen molar-refractivity contribution in [2.45, 2.75) is 53.4 Å². The quantitative estimate of drug-likeness (QED) is 0.0966. The SMILES string of the molecule is CC(CC(C)C(=O)NCCCN=[N+]=[N-])C(N)=O.CC(CC(C)C(=O)O)C(N)=O.[N-]=[N+]=NCCCN. The van der Waals surface area contributed by atoms with Crippen LogP contribution in [-0.4, -0.2) is 55.0 Å². The van der Waals surface area contributed by atoms with Crippen molar-refractivity contribution in [1.82, 2.24) is 5.32 Å². The number of carbonyl (C=O) groups excluding carboxylic acids is 3. The zero-order chi connectivity index (χ0) is 27.8. The number of rotatable bonds is 15. The van der Waals surface area contributed by atoms with Gasteiger partial charge in [0.15, 0.2) is 0 Å². The van der Waals surface area contributed by atoms with Crippen LogP contribution in [0.25, 0.3) is 20.9 Å². The van der Waals surface area contributed by atoms with E-state index in [1.807, 2.05) is 0 Å². The summed E-state index contributed by atoms with van der Waals surface area (Å²) in [6, 6.07) is 0. The zero-order valence-corrected chi connectivity index (χ0v) is 21.0. The Kier molecular flexibility index (Phi) is 24.3. The number of azide groups is 2. The van der Waals surface area contributed by atoms with Gasteiger partial charge in [-0.05, 0) is 43.3 Å². The fourth-order valence-electron chi connectivity index (χ4n) is 2.29. The number of nitrogens with zero attached hydrogens (tertiary/aromatic N) is 6. The largest absolute Gasteiger partial charge is 0.481 e. The summed E-state index contributed by atoms with van der Waals surface area (Å²) >= 11 is 0. The van der Waals surface area contributed by atoms with Crippen LogP contribution in [-0.2, 0) is 19.2 Å². The summed E-state index contributed by atoms with van der Waals surface area (Å²) in [6.45, 7) is 8.58. The minimum Gasteiger partial charge on any atom is -0.481 e. The molecule has 0 aromatic rings. The van der Waals surface area contributed by atoms with Crippen LogP contribution in [0, 0.1) is 23.7 Å². The summed E-state index contributed by atoms with van der Waals surface area (Å²) in [5.74, 6) is -3.27. The molecule has 15 nitrogen and oxygen atoms in total. The smallest absolute Gasteiger partial charge is 0.306 e. The molecular weight excluding hydrogens is 460 g/mol. The Morgan fingerprint density at radius 1 is 0.829 bits per heavy atom. The second-order valence-corrected chi connectivity index (χ2v) is 7.91. The monoisotopic (exact) mass is 500 g/mol. The topological polar surface area (TPSA) is 276 Å². The third-order valence-corrected chi connectivity index (χ3v) is 4.58. The molecule has 3 amide bonds. The Labute approximate surface area is 205 Å². The molecule has 0 aromatic carbocycles. The van der Waals surface area contributed by atoms with E-state index < -0.39 is 23.7 Å². The number of carbonyl (C=O) groups is 4. The lowest BCUT2D eigenvalue weighted by atomic mass is 9.96. The van der Waals surface area contributed by atoms with Crippen molar-refractivity contribution in [3.63, 3.8) is 0 Å². The number of carboxylic acid groups (broad SMARTS) is 1. The van der Waals surface area contributed by atoms with Crippen LogP contribution in [0.5, 0.6) is 0 Å². The van der Waals surface area contributed by atoms with Gasteiger partial charge in [-0.15, -0.1) is 0 Å². The molecule has 15 heteroatoms. The van der Waals surface area contributed by atoms with E-state index in [-0.39, 0.29) is 23.7 Å². The number of carboxylic acids is 1. The minimum atomic E-state index is -0.891. The summed E-state index contributed by atoms with van der Waals surface area (Å²) in [5, 5.41) is 17.8. The normalized spacial score (nSPS) is 12.8. The zero-order valence-electron chi connectivity index (χ0n) is 21.0. The molecule has 0 aliphatic heterocycles. The van der Waals surface area contributed by atoms with E-state index in [1.165, 1.54) is 0 Å². The third-order valence-electron chi connectivity index (χ3n) is 4.58. The van der Waals surface area contributed by atoms with Crippen LogP contribution in [0.15, 0.2) is 10.2 Å². The van der Waals surface area contributed by atoms with Crippen molar-refractivity contribution >= 4 is 23.7 Å². The van der Waals surface area contributed by atoms with Crippen molar-refractivity contribution in [2.75, 3.05) is 26.2 Å². The van der Waals surface area contributed by atoms with Crippen LogP contribution < -0.4 is 22.5 Å².